The Morgan fingerprint density at radius 3 is 2.32 bits per heavy atom. The van der Waals surface area contributed by atoms with Crippen molar-refractivity contribution in [1.82, 2.24) is 0 Å². The summed E-state index contributed by atoms with van der Waals surface area (Å²) in [5, 5.41) is 20.6. The quantitative estimate of drug-likeness (QED) is 0.355. The van der Waals surface area contributed by atoms with Gasteiger partial charge in [-0.15, -0.1) is 0 Å². The Labute approximate surface area is 137 Å². The standard InChI is InChI=1S/C15H15ClN2O3S/c1-8-4-9(2)15(10(3)5-8)22-17-12-6-11(16)13(18(20)21)7-14(12)19/h4-7,17,19H,1-3H3. The summed E-state index contributed by atoms with van der Waals surface area (Å²) in [5.41, 5.74) is 3.42. The summed E-state index contributed by atoms with van der Waals surface area (Å²) < 4.78 is 3.00. The Balaban J connectivity index is 2.26. The van der Waals surface area contributed by atoms with Crippen LogP contribution < -0.4 is 4.72 Å². The molecule has 0 aliphatic carbocycles. The van der Waals surface area contributed by atoms with Gasteiger partial charge in [-0.2, -0.15) is 0 Å². The molecular weight excluding hydrogens is 324 g/mol. The second kappa shape index (κ2) is 6.46. The van der Waals surface area contributed by atoms with Gasteiger partial charge < -0.3 is 9.83 Å². The fraction of sp³-hybridized carbons (Fsp3) is 0.200. The third kappa shape index (κ3) is 3.45. The first kappa shape index (κ1) is 16.5. The van der Waals surface area contributed by atoms with Gasteiger partial charge in [0.15, 0.2) is 0 Å². The van der Waals surface area contributed by atoms with E-state index in [-0.39, 0.29) is 16.5 Å². The molecule has 0 bridgehead atoms. The zero-order valence-electron chi connectivity index (χ0n) is 12.3. The highest BCUT2D eigenvalue weighted by Crippen LogP contribution is 2.38. The number of aromatic hydroxyl groups is 1. The summed E-state index contributed by atoms with van der Waals surface area (Å²) >= 11 is 7.19. The maximum atomic E-state index is 10.8. The summed E-state index contributed by atoms with van der Waals surface area (Å²) in [6.07, 6.45) is 0. The van der Waals surface area contributed by atoms with Crippen LogP contribution in [-0.2, 0) is 0 Å². The van der Waals surface area contributed by atoms with Gasteiger partial charge in [-0.1, -0.05) is 29.3 Å². The summed E-state index contributed by atoms with van der Waals surface area (Å²) in [5.74, 6) is -0.217. The molecule has 0 spiro atoms. The molecule has 22 heavy (non-hydrogen) atoms. The van der Waals surface area contributed by atoms with Gasteiger partial charge in [0, 0.05) is 4.90 Å². The van der Waals surface area contributed by atoms with Gasteiger partial charge in [-0.3, -0.25) is 10.1 Å². The Hall–Kier alpha value is -1.92. The lowest BCUT2D eigenvalue weighted by Crippen LogP contribution is -1.95. The summed E-state index contributed by atoms with van der Waals surface area (Å²) in [4.78, 5) is 11.2. The van der Waals surface area contributed by atoms with Crippen LogP contribution in [0.1, 0.15) is 16.7 Å². The predicted octanol–water partition coefficient (Wildman–Crippen LogP) is 5.00. The molecule has 0 aliphatic rings. The molecule has 0 aromatic heterocycles. The molecule has 0 radical (unpaired) electrons. The number of nitrogens with one attached hydrogen (secondary N) is 1. The normalized spacial score (nSPS) is 10.5. The van der Waals surface area contributed by atoms with E-state index in [0.717, 1.165) is 22.1 Å². The number of nitro benzene ring substituents is 1. The molecule has 0 fully saturated rings. The van der Waals surface area contributed by atoms with Crippen molar-refractivity contribution in [2.24, 2.45) is 0 Å². The number of phenols is 1. The summed E-state index contributed by atoms with van der Waals surface area (Å²) in [6, 6.07) is 6.53. The maximum absolute atomic E-state index is 10.8. The molecule has 0 unspecified atom stereocenters. The van der Waals surface area contributed by atoms with Gasteiger partial charge in [0.05, 0.1) is 16.7 Å². The number of benzene rings is 2. The molecule has 2 rings (SSSR count). The molecule has 5 nitrogen and oxygen atoms in total. The van der Waals surface area contributed by atoms with Crippen molar-refractivity contribution in [3.63, 3.8) is 0 Å². The van der Waals surface area contributed by atoms with Crippen molar-refractivity contribution in [1.29, 1.82) is 0 Å². The Bertz CT molecular complexity index is 727. The van der Waals surface area contributed by atoms with Crippen molar-refractivity contribution in [3.8, 4) is 5.75 Å². The lowest BCUT2D eigenvalue weighted by molar-refractivity contribution is -0.384. The number of phenolic OH excluding ortho intramolecular Hbond substituents is 1. The number of nitrogens with zero attached hydrogens (tertiary/aromatic N) is 1. The SMILES string of the molecule is Cc1cc(C)c(SNc2cc(Cl)c([N+](=O)[O-])cc2O)c(C)c1. The highest BCUT2D eigenvalue weighted by molar-refractivity contribution is 8.00. The number of rotatable bonds is 4. The van der Waals surface area contributed by atoms with Gasteiger partial charge in [0.1, 0.15) is 10.8 Å². The van der Waals surface area contributed by atoms with E-state index in [1.54, 1.807) is 0 Å². The first-order valence-electron chi connectivity index (χ1n) is 6.47. The molecule has 0 atom stereocenters. The molecule has 0 aliphatic heterocycles. The lowest BCUT2D eigenvalue weighted by atomic mass is 10.1. The summed E-state index contributed by atoms with van der Waals surface area (Å²) in [7, 11) is 0. The Kier molecular flexibility index (Phi) is 4.83. The average Bonchev–Trinajstić information content (AvgIpc) is 2.40. The first-order valence-corrected chi connectivity index (χ1v) is 7.66. The fourth-order valence-corrected chi connectivity index (χ4v) is 3.25. The molecular formula is C15H15ClN2O3S. The molecule has 0 saturated heterocycles. The number of aryl methyl sites for hydroxylation is 3. The van der Waals surface area contributed by atoms with Crippen LogP contribution in [0, 0.1) is 30.9 Å². The van der Waals surface area contributed by atoms with E-state index in [9.17, 15) is 15.2 Å². The van der Waals surface area contributed by atoms with E-state index < -0.39 is 4.92 Å². The molecule has 2 aromatic rings. The van der Waals surface area contributed by atoms with Gasteiger partial charge in [-0.25, -0.2) is 0 Å². The summed E-state index contributed by atoms with van der Waals surface area (Å²) in [6.45, 7) is 6.04. The Morgan fingerprint density at radius 1 is 1.18 bits per heavy atom. The van der Waals surface area contributed by atoms with Crippen molar-refractivity contribution >= 4 is 34.9 Å². The number of hydrogen-bond donors (Lipinski definition) is 2. The van der Waals surface area contributed by atoms with Gasteiger partial charge >= 0.3 is 0 Å². The molecule has 2 N–H and O–H groups in total. The molecule has 0 saturated carbocycles. The van der Waals surface area contributed by atoms with Gasteiger partial charge in [0.25, 0.3) is 5.69 Å². The largest absolute Gasteiger partial charge is 0.505 e. The van der Waals surface area contributed by atoms with Gasteiger partial charge in [0.2, 0.25) is 0 Å². The van der Waals surface area contributed by atoms with Crippen molar-refractivity contribution in [2.45, 2.75) is 25.7 Å². The third-order valence-electron chi connectivity index (χ3n) is 3.13. The van der Waals surface area contributed by atoms with Crippen LogP contribution in [0.4, 0.5) is 11.4 Å². The number of hydrogen-bond acceptors (Lipinski definition) is 5. The Morgan fingerprint density at radius 2 is 1.77 bits per heavy atom. The molecule has 116 valence electrons. The minimum atomic E-state index is -0.632. The van der Waals surface area contributed by atoms with Crippen LogP contribution in [0.2, 0.25) is 5.02 Å². The molecule has 0 heterocycles. The fourth-order valence-electron chi connectivity index (χ4n) is 2.21. The van der Waals surface area contributed by atoms with Gasteiger partial charge in [-0.05, 0) is 49.9 Å². The first-order chi connectivity index (χ1) is 10.3. The van der Waals surface area contributed by atoms with E-state index in [1.807, 2.05) is 20.8 Å². The van der Waals surface area contributed by atoms with Crippen molar-refractivity contribution in [2.75, 3.05) is 4.72 Å². The van der Waals surface area contributed by atoms with E-state index in [1.165, 1.54) is 23.6 Å². The van der Waals surface area contributed by atoms with Crippen LogP contribution in [-0.4, -0.2) is 10.0 Å². The zero-order chi connectivity index (χ0) is 16.4. The number of anilines is 1. The second-order valence-corrected chi connectivity index (χ2v) is 6.23. The highest BCUT2D eigenvalue weighted by Gasteiger charge is 2.17. The minimum absolute atomic E-state index is 0.0248. The third-order valence-corrected chi connectivity index (χ3v) is 4.60. The van der Waals surface area contributed by atoms with Crippen LogP contribution >= 0.6 is 23.5 Å². The molecule has 0 amide bonds. The minimum Gasteiger partial charge on any atom is -0.505 e. The number of nitro groups is 1. The smallest absolute Gasteiger partial charge is 0.291 e. The maximum Gasteiger partial charge on any atom is 0.291 e. The predicted molar refractivity (Wildman–Crippen MR) is 89.9 cm³/mol. The lowest BCUT2D eigenvalue weighted by Gasteiger charge is -2.13. The highest BCUT2D eigenvalue weighted by atomic mass is 35.5. The average molecular weight is 339 g/mol. The van der Waals surface area contributed by atoms with Crippen LogP contribution in [0.3, 0.4) is 0 Å². The molecule has 7 heteroatoms. The van der Waals surface area contributed by atoms with Crippen molar-refractivity contribution < 1.29 is 10.0 Å². The van der Waals surface area contributed by atoms with E-state index in [4.69, 9.17) is 11.6 Å². The second-order valence-electron chi connectivity index (χ2n) is 5.01. The topological polar surface area (TPSA) is 75.4 Å². The number of halogens is 1. The monoisotopic (exact) mass is 338 g/mol. The zero-order valence-corrected chi connectivity index (χ0v) is 13.9. The van der Waals surface area contributed by atoms with E-state index in [2.05, 4.69) is 16.9 Å². The molecule has 2 aromatic carbocycles. The van der Waals surface area contributed by atoms with Crippen LogP contribution in [0.5, 0.6) is 5.75 Å². The van der Waals surface area contributed by atoms with Crippen LogP contribution in [0.15, 0.2) is 29.2 Å². The van der Waals surface area contributed by atoms with E-state index in [0.29, 0.717) is 5.69 Å². The van der Waals surface area contributed by atoms with E-state index >= 15 is 0 Å². The van der Waals surface area contributed by atoms with Crippen molar-refractivity contribution in [3.05, 3.63) is 56.1 Å². The van der Waals surface area contributed by atoms with Crippen LogP contribution in [0.25, 0.3) is 0 Å².